The number of aliphatic hydroxyl groups is 2. The second-order valence-electron chi connectivity index (χ2n) is 12.3. The van der Waals surface area contributed by atoms with Crippen LogP contribution in [0.3, 0.4) is 0 Å². The summed E-state index contributed by atoms with van der Waals surface area (Å²) in [4.78, 5) is 12.3. The van der Waals surface area contributed by atoms with Crippen molar-refractivity contribution in [1.82, 2.24) is 5.32 Å². The van der Waals surface area contributed by atoms with E-state index in [2.05, 4.69) is 31.3 Å². The summed E-state index contributed by atoms with van der Waals surface area (Å²) in [5.41, 5.74) is 0. The van der Waals surface area contributed by atoms with Crippen LogP contribution in [0.2, 0.25) is 0 Å². The first-order valence-electron chi connectivity index (χ1n) is 17.9. The summed E-state index contributed by atoms with van der Waals surface area (Å²) < 4.78 is 0. The Bertz CT molecular complexity index is 536. The highest BCUT2D eigenvalue weighted by atomic mass is 16.3. The highest BCUT2D eigenvalue weighted by Crippen LogP contribution is 2.15. The molecule has 0 aromatic rings. The third kappa shape index (κ3) is 28.7. The normalized spacial score (nSPS) is 13.2. The van der Waals surface area contributed by atoms with Gasteiger partial charge in [-0.1, -0.05) is 161 Å². The Morgan fingerprint density at radius 1 is 0.575 bits per heavy atom. The van der Waals surface area contributed by atoms with Crippen LogP contribution >= 0.6 is 0 Å². The van der Waals surface area contributed by atoms with Crippen LogP contribution < -0.4 is 5.32 Å². The molecule has 0 bridgehead atoms. The van der Waals surface area contributed by atoms with Gasteiger partial charge in [-0.2, -0.15) is 0 Å². The van der Waals surface area contributed by atoms with Gasteiger partial charge in [-0.3, -0.25) is 4.79 Å². The molecular formula is C36H71NO3. The van der Waals surface area contributed by atoms with Crippen molar-refractivity contribution in [2.24, 2.45) is 0 Å². The zero-order chi connectivity index (χ0) is 29.4. The van der Waals surface area contributed by atoms with Crippen molar-refractivity contribution >= 4 is 5.91 Å². The Balaban J connectivity index is 3.50. The van der Waals surface area contributed by atoms with Crippen molar-refractivity contribution in [3.05, 3.63) is 12.2 Å². The molecule has 0 aromatic heterocycles. The molecule has 40 heavy (non-hydrogen) atoms. The molecule has 238 valence electrons. The smallest absolute Gasteiger partial charge is 0.220 e. The van der Waals surface area contributed by atoms with Crippen LogP contribution in [0.1, 0.15) is 194 Å². The van der Waals surface area contributed by atoms with Crippen LogP contribution in [-0.4, -0.2) is 34.9 Å². The number of rotatable bonds is 32. The lowest BCUT2D eigenvalue weighted by molar-refractivity contribution is -0.123. The predicted octanol–water partition coefficient (Wildman–Crippen LogP) is 10.3. The molecule has 0 saturated carbocycles. The molecule has 4 heteroatoms. The quantitative estimate of drug-likeness (QED) is 0.0561. The van der Waals surface area contributed by atoms with E-state index >= 15 is 0 Å². The summed E-state index contributed by atoms with van der Waals surface area (Å²) in [5, 5.41) is 22.9. The Morgan fingerprint density at radius 2 is 0.950 bits per heavy atom. The lowest BCUT2D eigenvalue weighted by Crippen LogP contribution is -2.45. The number of hydrogen-bond acceptors (Lipinski definition) is 3. The van der Waals surface area contributed by atoms with E-state index in [9.17, 15) is 15.0 Å². The number of allylic oxidation sites excluding steroid dienone is 2. The highest BCUT2D eigenvalue weighted by molar-refractivity contribution is 5.76. The zero-order valence-corrected chi connectivity index (χ0v) is 27.1. The Morgan fingerprint density at radius 3 is 1.38 bits per heavy atom. The maximum atomic E-state index is 12.3. The second-order valence-corrected chi connectivity index (χ2v) is 12.3. The third-order valence-corrected chi connectivity index (χ3v) is 8.28. The van der Waals surface area contributed by atoms with Gasteiger partial charge in [0.15, 0.2) is 0 Å². The van der Waals surface area contributed by atoms with E-state index in [-0.39, 0.29) is 12.5 Å². The van der Waals surface area contributed by atoms with E-state index in [1.165, 1.54) is 128 Å². The highest BCUT2D eigenvalue weighted by Gasteiger charge is 2.19. The molecule has 0 saturated heterocycles. The molecular weight excluding hydrogens is 494 g/mol. The monoisotopic (exact) mass is 566 g/mol. The molecule has 0 fully saturated rings. The number of unbranched alkanes of at least 4 members (excludes halogenated alkanes) is 23. The number of nitrogens with one attached hydrogen (secondary N) is 1. The molecule has 0 radical (unpaired) electrons. The van der Waals surface area contributed by atoms with Crippen molar-refractivity contribution in [3.8, 4) is 0 Å². The minimum absolute atomic E-state index is 0.0416. The van der Waals surface area contributed by atoms with Crippen LogP contribution in [0.15, 0.2) is 12.2 Å². The maximum absolute atomic E-state index is 12.3. The van der Waals surface area contributed by atoms with E-state index in [0.29, 0.717) is 12.8 Å². The number of amides is 1. The first-order valence-corrected chi connectivity index (χ1v) is 17.9. The van der Waals surface area contributed by atoms with Crippen LogP contribution in [-0.2, 0) is 4.79 Å². The van der Waals surface area contributed by atoms with Gasteiger partial charge in [0.1, 0.15) is 0 Å². The van der Waals surface area contributed by atoms with Crippen molar-refractivity contribution < 1.29 is 15.0 Å². The third-order valence-electron chi connectivity index (χ3n) is 8.28. The van der Waals surface area contributed by atoms with Crippen LogP contribution in [0.25, 0.3) is 0 Å². The zero-order valence-electron chi connectivity index (χ0n) is 27.1. The summed E-state index contributed by atoms with van der Waals surface area (Å²) in [6.07, 6.45) is 38.4. The van der Waals surface area contributed by atoms with E-state index in [4.69, 9.17) is 0 Å². The summed E-state index contributed by atoms with van der Waals surface area (Å²) in [6.45, 7) is 4.30. The van der Waals surface area contributed by atoms with Crippen LogP contribution in [0.4, 0.5) is 0 Å². The Kier molecular flexibility index (Phi) is 31.9. The van der Waals surface area contributed by atoms with E-state index in [0.717, 1.165) is 38.5 Å². The minimum Gasteiger partial charge on any atom is -0.394 e. The van der Waals surface area contributed by atoms with Gasteiger partial charge >= 0.3 is 0 Å². The molecule has 0 rings (SSSR count). The Hall–Kier alpha value is -0.870. The van der Waals surface area contributed by atoms with Gasteiger partial charge < -0.3 is 15.5 Å². The van der Waals surface area contributed by atoms with Gasteiger partial charge in [0, 0.05) is 6.42 Å². The molecule has 3 N–H and O–H groups in total. The first-order chi connectivity index (χ1) is 19.7. The molecule has 0 heterocycles. The maximum Gasteiger partial charge on any atom is 0.220 e. The molecule has 0 aromatic carbocycles. The number of carbonyl (C=O) groups is 1. The fraction of sp³-hybridized carbons (Fsp3) is 0.917. The minimum atomic E-state index is -0.674. The van der Waals surface area contributed by atoms with Gasteiger partial charge in [-0.25, -0.2) is 0 Å². The van der Waals surface area contributed by atoms with Crippen molar-refractivity contribution in [2.75, 3.05) is 6.61 Å². The van der Waals surface area contributed by atoms with E-state index in [1.54, 1.807) is 0 Å². The van der Waals surface area contributed by atoms with E-state index in [1.807, 2.05) is 0 Å². The summed E-state index contributed by atoms with van der Waals surface area (Å²) in [5.74, 6) is -0.0416. The fourth-order valence-electron chi connectivity index (χ4n) is 5.47. The molecule has 4 nitrogen and oxygen atoms in total. The van der Waals surface area contributed by atoms with Crippen LogP contribution in [0, 0.1) is 0 Å². The van der Waals surface area contributed by atoms with Gasteiger partial charge in [0.2, 0.25) is 5.91 Å². The lowest BCUT2D eigenvalue weighted by Gasteiger charge is -2.22. The largest absolute Gasteiger partial charge is 0.394 e. The average Bonchev–Trinajstić information content (AvgIpc) is 2.96. The van der Waals surface area contributed by atoms with Crippen molar-refractivity contribution in [1.29, 1.82) is 0 Å². The van der Waals surface area contributed by atoms with Crippen molar-refractivity contribution in [3.63, 3.8) is 0 Å². The summed E-state index contributed by atoms with van der Waals surface area (Å²) in [6, 6.07) is -0.544. The number of hydrogen-bond donors (Lipinski definition) is 3. The molecule has 0 aliphatic carbocycles. The van der Waals surface area contributed by atoms with E-state index < -0.39 is 12.1 Å². The summed E-state index contributed by atoms with van der Waals surface area (Å²) in [7, 11) is 0. The SMILES string of the molecule is CCCCC/C=C/CCCC[C@@H](O)[C@H](CO)NC(=O)CCCCCCCCCCCCCCCCCCCCC. The second kappa shape index (κ2) is 32.6. The number of carbonyl (C=O) groups excluding carboxylic acids is 1. The molecule has 2 atom stereocenters. The molecule has 1 amide bonds. The Labute approximate surface area is 250 Å². The molecule has 0 spiro atoms. The fourth-order valence-corrected chi connectivity index (χ4v) is 5.47. The first kappa shape index (κ1) is 39.1. The van der Waals surface area contributed by atoms with Gasteiger partial charge in [0.25, 0.3) is 0 Å². The molecule has 0 aliphatic heterocycles. The lowest BCUT2D eigenvalue weighted by atomic mass is 10.0. The molecule has 0 unspecified atom stereocenters. The van der Waals surface area contributed by atoms with Gasteiger partial charge in [-0.15, -0.1) is 0 Å². The predicted molar refractivity (Wildman–Crippen MR) is 175 cm³/mol. The van der Waals surface area contributed by atoms with Gasteiger partial charge in [-0.05, 0) is 38.5 Å². The standard InChI is InChI=1S/C36H71NO3/c1-3-5-7-9-11-13-14-15-16-17-18-19-20-21-22-24-26-28-30-32-36(40)37-34(33-38)35(39)31-29-27-25-23-12-10-8-6-4-2/h12,23,34-35,38-39H,3-11,13-22,24-33H2,1-2H3,(H,37,40)/b23-12+/t34-,35+/m0/s1. The number of aliphatic hydroxyl groups excluding tert-OH is 2. The average molecular weight is 566 g/mol. The van der Waals surface area contributed by atoms with Gasteiger partial charge in [0.05, 0.1) is 18.8 Å². The van der Waals surface area contributed by atoms with Crippen molar-refractivity contribution in [2.45, 2.75) is 206 Å². The molecule has 0 aliphatic rings. The topological polar surface area (TPSA) is 69.6 Å². The summed E-state index contributed by atoms with van der Waals surface area (Å²) >= 11 is 0. The van der Waals surface area contributed by atoms with Crippen LogP contribution in [0.5, 0.6) is 0 Å².